The molecule has 0 unspecified atom stereocenters. The summed E-state index contributed by atoms with van der Waals surface area (Å²) in [5, 5.41) is 2.69. The quantitative estimate of drug-likeness (QED) is 0.518. The lowest BCUT2D eigenvalue weighted by Gasteiger charge is -2.24. The molecule has 0 spiro atoms. The van der Waals surface area contributed by atoms with Gasteiger partial charge in [-0.3, -0.25) is 19.3 Å². The van der Waals surface area contributed by atoms with Gasteiger partial charge in [0, 0.05) is 5.69 Å². The van der Waals surface area contributed by atoms with Crippen LogP contribution in [0.2, 0.25) is 0 Å². The van der Waals surface area contributed by atoms with Crippen LogP contribution in [-0.2, 0) is 14.3 Å². The zero-order valence-corrected chi connectivity index (χ0v) is 17.9. The van der Waals surface area contributed by atoms with Crippen LogP contribution in [0.3, 0.4) is 0 Å². The zero-order valence-electron chi connectivity index (χ0n) is 17.9. The van der Waals surface area contributed by atoms with Crippen LogP contribution in [0.25, 0.3) is 0 Å². The van der Waals surface area contributed by atoms with Crippen LogP contribution in [0.15, 0.2) is 42.5 Å². The van der Waals surface area contributed by atoms with Crippen molar-refractivity contribution in [3.8, 4) is 0 Å². The molecule has 0 saturated heterocycles. The normalized spacial score (nSPS) is 13.7. The summed E-state index contributed by atoms with van der Waals surface area (Å²) in [6, 6.07) is 10.9. The van der Waals surface area contributed by atoms with Crippen LogP contribution in [0.1, 0.15) is 58.0 Å². The van der Waals surface area contributed by atoms with E-state index in [1.54, 1.807) is 30.3 Å². The Labute approximate surface area is 181 Å². The summed E-state index contributed by atoms with van der Waals surface area (Å²) < 4.78 is 5.20. The highest BCUT2D eigenvalue weighted by Crippen LogP contribution is 2.27. The third-order valence-electron chi connectivity index (χ3n) is 5.38. The van der Waals surface area contributed by atoms with Crippen molar-refractivity contribution >= 4 is 29.4 Å². The Morgan fingerprint density at radius 3 is 2.23 bits per heavy atom. The SMILES string of the molecule is CCCC[C@H](C(=O)OCC(=O)Nc1ccc(C)c(C)c1)N1C(=O)c2ccccc2C1=O. The molecule has 7 nitrogen and oxygen atoms in total. The molecule has 0 fully saturated rings. The predicted octanol–water partition coefficient (Wildman–Crippen LogP) is 3.64. The Hall–Kier alpha value is -3.48. The summed E-state index contributed by atoms with van der Waals surface area (Å²) >= 11 is 0. The number of nitrogens with zero attached hydrogens (tertiary/aromatic N) is 1. The third kappa shape index (κ3) is 4.82. The first-order chi connectivity index (χ1) is 14.8. The van der Waals surface area contributed by atoms with Crippen molar-refractivity contribution in [3.63, 3.8) is 0 Å². The molecule has 1 heterocycles. The molecule has 1 N–H and O–H groups in total. The number of ether oxygens (including phenoxy) is 1. The fraction of sp³-hybridized carbons (Fsp3) is 0.333. The number of amides is 3. The molecule has 2 aromatic carbocycles. The second kappa shape index (κ2) is 9.55. The molecule has 0 aliphatic carbocycles. The standard InChI is InChI=1S/C24H26N2O5/c1-4-5-10-20(26-22(28)18-8-6-7-9-19(18)23(26)29)24(30)31-14-21(27)25-17-12-11-15(2)16(3)13-17/h6-9,11-13,20H,4-5,10,14H2,1-3H3,(H,25,27)/t20-/m1/s1. The van der Waals surface area contributed by atoms with Gasteiger partial charge in [-0.2, -0.15) is 0 Å². The van der Waals surface area contributed by atoms with Gasteiger partial charge in [0.1, 0.15) is 6.04 Å². The molecule has 162 valence electrons. The van der Waals surface area contributed by atoms with Crippen LogP contribution in [0, 0.1) is 13.8 Å². The highest BCUT2D eigenvalue weighted by Gasteiger charge is 2.43. The number of fused-ring (bicyclic) bond motifs is 1. The van der Waals surface area contributed by atoms with Crippen molar-refractivity contribution in [2.45, 2.75) is 46.1 Å². The van der Waals surface area contributed by atoms with Crippen molar-refractivity contribution in [2.24, 2.45) is 0 Å². The molecule has 0 aromatic heterocycles. The van der Waals surface area contributed by atoms with E-state index in [0.29, 0.717) is 12.1 Å². The van der Waals surface area contributed by atoms with Gasteiger partial charge in [-0.1, -0.05) is 38.0 Å². The van der Waals surface area contributed by atoms with Gasteiger partial charge in [0.05, 0.1) is 11.1 Å². The Balaban J connectivity index is 1.68. The molecule has 31 heavy (non-hydrogen) atoms. The number of benzene rings is 2. The first kappa shape index (κ1) is 22.2. The van der Waals surface area contributed by atoms with Crippen LogP contribution in [0.4, 0.5) is 5.69 Å². The number of carbonyl (C=O) groups is 4. The summed E-state index contributed by atoms with van der Waals surface area (Å²) in [6.07, 6.45) is 1.68. The van der Waals surface area contributed by atoms with Crippen molar-refractivity contribution in [1.82, 2.24) is 4.90 Å². The summed E-state index contributed by atoms with van der Waals surface area (Å²) in [5.74, 6) is -2.29. The molecule has 1 aliphatic rings. The minimum absolute atomic E-state index is 0.272. The van der Waals surface area contributed by atoms with E-state index in [9.17, 15) is 19.2 Å². The van der Waals surface area contributed by atoms with Crippen molar-refractivity contribution < 1.29 is 23.9 Å². The number of carbonyl (C=O) groups excluding carboxylic acids is 4. The number of imide groups is 1. The Bertz CT molecular complexity index is 995. The number of hydrogen-bond donors (Lipinski definition) is 1. The molecular formula is C24H26N2O5. The van der Waals surface area contributed by atoms with Gasteiger partial charge in [-0.15, -0.1) is 0 Å². The Morgan fingerprint density at radius 2 is 1.65 bits per heavy atom. The maximum Gasteiger partial charge on any atom is 0.329 e. The topological polar surface area (TPSA) is 92.8 Å². The number of hydrogen-bond acceptors (Lipinski definition) is 5. The van der Waals surface area contributed by atoms with Gasteiger partial charge in [0.25, 0.3) is 17.7 Å². The maximum absolute atomic E-state index is 12.8. The first-order valence-electron chi connectivity index (χ1n) is 10.3. The van der Waals surface area contributed by atoms with Gasteiger partial charge >= 0.3 is 5.97 Å². The van der Waals surface area contributed by atoms with Gasteiger partial charge in [-0.05, 0) is 55.7 Å². The van der Waals surface area contributed by atoms with E-state index in [1.807, 2.05) is 32.9 Å². The minimum atomic E-state index is -1.07. The Morgan fingerprint density at radius 1 is 1.00 bits per heavy atom. The second-order valence-electron chi connectivity index (χ2n) is 7.64. The molecule has 1 aliphatic heterocycles. The van der Waals surface area contributed by atoms with E-state index in [4.69, 9.17) is 4.74 Å². The lowest BCUT2D eigenvalue weighted by molar-refractivity contribution is -0.151. The molecule has 3 rings (SSSR count). The molecule has 2 aromatic rings. The number of nitrogens with one attached hydrogen (secondary N) is 1. The number of rotatable bonds is 8. The molecular weight excluding hydrogens is 396 g/mol. The molecule has 0 saturated carbocycles. The fourth-order valence-electron chi connectivity index (χ4n) is 3.49. The molecule has 3 amide bonds. The van der Waals surface area contributed by atoms with Crippen LogP contribution in [0.5, 0.6) is 0 Å². The molecule has 7 heteroatoms. The van der Waals surface area contributed by atoms with E-state index in [1.165, 1.54) is 0 Å². The second-order valence-corrected chi connectivity index (χ2v) is 7.64. The van der Waals surface area contributed by atoms with Gasteiger partial charge in [0.2, 0.25) is 0 Å². The summed E-state index contributed by atoms with van der Waals surface area (Å²) in [6.45, 7) is 5.35. The van der Waals surface area contributed by atoms with E-state index < -0.39 is 36.3 Å². The van der Waals surface area contributed by atoms with E-state index >= 15 is 0 Å². The van der Waals surface area contributed by atoms with Gasteiger partial charge in [0.15, 0.2) is 6.61 Å². The number of anilines is 1. The van der Waals surface area contributed by atoms with Crippen LogP contribution >= 0.6 is 0 Å². The highest BCUT2D eigenvalue weighted by molar-refractivity contribution is 6.22. The van der Waals surface area contributed by atoms with E-state index in [-0.39, 0.29) is 17.5 Å². The molecule has 0 radical (unpaired) electrons. The van der Waals surface area contributed by atoms with Crippen LogP contribution < -0.4 is 5.32 Å². The fourth-order valence-corrected chi connectivity index (χ4v) is 3.49. The summed E-state index contributed by atoms with van der Waals surface area (Å²) in [5.41, 5.74) is 3.28. The Kier molecular flexibility index (Phi) is 6.84. The number of esters is 1. The van der Waals surface area contributed by atoms with E-state index in [2.05, 4.69) is 5.32 Å². The first-order valence-corrected chi connectivity index (χ1v) is 10.3. The van der Waals surface area contributed by atoms with Crippen molar-refractivity contribution in [2.75, 3.05) is 11.9 Å². The number of aryl methyl sites for hydroxylation is 2. The lowest BCUT2D eigenvalue weighted by atomic mass is 10.1. The van der Waals surface area contributed by atoms with Crippen LogP contribution in [-0.4, -0.2) is 41.2 Å². The average Bonchev–Trinajstić information content (AvgIpc) is 3.00. The van der Waals surface area contributed by atoms with E-state index in [0.717, 1.165) is 22.4 Å². The van der Waals surface area contributed by atoms with Gasteiger partial charge < -0.3 is 10.1 Å². The minimum Gasteiger partial charge on any atom is -0.454 e. The largest absolute Gasteiger partial charge is 0.454 e. The van der Waals surface area contributed by atoms with Crippen molar-refractivity contribution in [1.29, 1.82) is 0 Å². The summed E-state index contributed by atoms with van der Waals surface area (Å²) in [7, 11) is 0. The molecule has 1 atom stereocenters. The summed E-state index contributed by atoms with van der Waals surface area (Å²) in [4.78, 5) is 51.5. The third-order valence-corrected chi connectivity index (χ3v) is 5.38. The maximum atomic E-state index is 12.8. The average molecular weight is 422 g/mol. The van der Waals surface area contributed by atoms with Crippen molar-refractivity contribution in [3.05, 3.63) is 64.7 Å². The number of unbranched alkanes of at least 4 members (excludes halogenated alkanes) is 1. The smallest absolute Gasteiger partial charge is 0.329 e. The van der Waals surface area contributed by atoms with Gasteiger partial charge in [-0.25, -0.2) is 4.79 Å². The zero-order chi connectivity index (χ0) is 22.5. The predicted molar refractivity (Wildman–Crippen MR) is 116 cm³/mol. The highest BCUT2D eigenvalue weighted by atomic mass is 16.5. The lowest BCUT2D eigenvalue weighted by Crippen LogP contribution is -2.46. The molecule has 0 bridgehead atoms. The monoisotopic (exact) mass is 422 g/mol.